The minimum absolute atomic E-state index is 0.164. The maximum Gasteiger partial charge on any atom is 0.235 e. The van der Waals surface area contributed by atoms with Crippen LogP contribution in [0.25, 0.3) is 10.9 Å². The summed E-state index contributed by atoms with van der Waals surface area (Å²) >= 11 is 0. The number of fused-ring (bicyclic) bond motifs is 1. The molecule has 88 valence electrons. The van der Waals surface area contributed by atoms with Gasteiger partial charge in [-0.1, -0.05) is 13.0 Å². The number of nitrogens with one attached hydrogen (secondary N) is 2. The van der Waals surface area contributed by atoms with Crippen LogP contribution in [0.3, 0.4) is 0 Å². The molecule has 0 aliphatic rings. The van der Waals surface area contributed by atoms with E-state index in [0.29, 0.717) is 5.82 Å². The molecule has 17 heavy (non-hydrogen) atoms. The monoisotopic (exact) mass is 230 g/mol. The summed E-state index contributed by atoms with van der Waals surface area (Å²) in [5.74, 6) is 0.448. The first-order chi connectivity index (χ1) is 8.20. The predicted molar refractivity (Wildman–Crippen MR) is 66.4 cm³/mol. The lowest BCUT2D eigenvalue weighted by Gasteiger charge is -2.08. The van der Waals surface area contributed by atoms with Crippen LogP contribution in [-0.4, -0.2) is 15.9 Å². The Balaban J connectivity index is 2.43. The second-order valence-electron chi connectivity index (χ2n) is 3.73. The third kappa shape index (κ3) is 2.50. The number of nitrogens with zero attached hydrogens (tertiary/aromatic N) is 2. The van der Waals surface area contributed by atoms with Crippen molar-refractivity contribution >= 4 is 22.6 Å². The summed E-state index contributed by atoms with van der Waals surface area (Å²) in [4.78, 5) is 19.2. The Morgan fingerprint density at radius 1 is 1.35 bits per heavy atom. The topological polar surface area (TPSA) is 66.9 Å². The van der Waals surface area contributed by atoms with E-state index in [1.807, 2.05) is 18.2 Å². The second-order valence-corrected chi connectivity index (χ2v) is 3.73. The molecule has 0 saturated carbocycles. The number of hydrazine groups is 1. The average Bonchev–Trinajstić information content (AvgIpc) is 2.35. The molecule has 0 fully saturated rings. The van der Waals surface area contributed by atoms with Crippen molar-refractivity contribution in [2.75, 3.05) is 5.43 Å². The molecule has 0 bridgehead atoms. The normalized spacial score (nSPS) is 10.2. The highest BCUT2D eigenvalue weighted by molar-refractivity contribution is 5.90. The van der Waals surface area contributed by atoms with Crippen molar-refractivity contribution in [1.82, 2.24) is 15.4 Å². The summed E-state index contributed by atoms with van der Waals surface area (Å²) in [5.41, 5.74) is 7.36. The van der Waals surface area contributed by atoms with Crippen molar-refractivity contribution in [2.24, 2.45) is 0 Å². The SMILES string of the molecule is CCc1ccc2ncnc(NNC(C)=O)c2c1. The van der Waals surface area contributed by atoms with Crippen molar-refractivity contribution in [2.45, 2.75) is 20.3 Å². The van der Waals surface area contributed by atoms with E-state index in [4.69, 9.17) is 0 Å². The lowest BCUT2D eigenvalue weighted by Crippen LogP contribution is -2.27. The van der Waals surface area contributed by atoms with E-state index in [0.717, 1.165) is 17.3 Å². The Morgan fingerprint density at radius 2 is 2.18 bits per heavy atom. The number of benzene rings is 1. The Labute approximate surface area is 99.2 Å². The summed E-state index contributed by atoms with van der Waals surface area (Å²) in [5, 5.41) is 0.903. The van der Waals surface area contributed by atoms with E-state index in [9.17, 15) is 4.79 Å². The van der Waals surface area contributed by atoms with Gasteiger partial charge in [0.05, 0.1) is 5.52 Å². The zero-order chi connectivity index (χ0) is 12.3. The molecular weight excluding hydrogens is 216 g/mol. The van der Waals surface area contributed by atoms with E-state index in [1.54, 1.807) is 0 Å². The number of aromatic nitrogens is 2. The smallest absolute Gasteiger partial charge is 0.235 e. The number of carbonyl (C=O) groups is 1. The van der Waals surface area contributed by atoms with E-state index in [1.165, 1.54) is 18.8 Å². The summed E-state index contributed by atoms with van der Waals surface area (Å²) in [6.07, 6.45) is 2.42. The zero-order valence-electron chi connectivity index (χ0n) is 9.82. The van der Waals surface area contributed by atoms with Gasteiger partial charge in [0.25, 0.3) is 0 Å². The molecule has 1 aromatic carbocycles. The Hall–Kier alpha value is -2.17. The lowest BCUT2D eigenvalue weighted by atomic mass is 10.1. The minimum Gasteiger partial charge on any atom is -0.281 e. The third-order valence-corrected chi connectivity index (χ3v) is 2.46. The average molecular weight is 230 g/mol. The molecule has 1 heterocycles. The number of amides is 1. The van der Waals surface area contributed by atoms with Gasteiger partial charge in [-0.3, -0.25) is 15.6 Å². The van der Waals surface area contributed by atoms with Crippen LogP contribution in [0.4, 0.5) is 5.82 Å². The van der Waals surface area contributed by atoms with Crippen LogP contribution < -0.4 is 10.9 Å². The molecule has 5 nitrogen and oxygen atoms in total. The highest BCUT2D eigenvalue weighted by Gasteiger charge is 2.04. The molecule has 1 aromatic heterocycles. The van der Waals surface area contributed by atoms with Gasteiger partial charge in [0.2, 0.25) is 5.91 Å². The molecule has 5 heteroatoms. The molecule has 2 aromatic rings. The van der Waals surface area contributed by atoms with Crippen molar-refractivity contribution in [3.63, 3.8) is 0 Å². The van der Waals surface area contributed by atoms with Crippen LogP contribution in [0.15, 0.2) is 24.5 Å². The maximum atomic E-state index is 10.9. The predicted octanol–water partition coefficient (Wildman–Crippen LogP) is 1.66. The molecule has 0 radical (unpaired) electrons. The quantitative estimate of drug-likeness (QED) is 0.787. The number of hydrogen-bond donors (Lipinski definition) is 2. The fourth-order valence-corrected chi connectivity index (χ4v) is 1.57. The summed E-state index contributed by atoms with van der Waals surface area (Å²) < 4.78 is 0. The molecule has 0 saturated heterocycles. The first-order valence-electron chi connectivity index (χ1n) is 5.47. The van der Waals surface area contributed by atoms with Crippen LogP contribution in [-0.2, 0) is 11.2 Å². The Kier molecular flexibility index (Phi) is 3.18. The van der Waals surface area contributed by atoms with Gasteiger partial charge in [-0.25, -0.2) is 9.97 Å². The summed E-state index contributed by atoms with van der Waals surface area (Å²) in [7, 11) is 0. The van der Waals surface area contributed by atoms with Gasteiger partial charge in [0.1, 0.15) is 6.33 Å². The molecule has 0 spiro atoms. The Bertz CT molecular complexity index is 553. The minimum atomic E-state index is -0.164. The van der Waals surface area contributed by atoms with Crippen LogP contribution in [0.1, 0.15) is 19.4 Å². The summed E-state index contributed by atoms with van der Waals surface area (Å²) in [6, 6.07) is 6.02. The fraction of sp³-hybridized carbons (Fsp3) is 0.250. The number of anilines is 1. The number of carbonyl (C=O) groups excluding carboxylic acids is 1. The van der Waals surface area contributed by atoms with Gasteiger partial charge in [-0.05, 0) is 24.1 Å². The van der Waals surface area contributed by atoms with Gasteiger partial charge in [0, 0.05) is 12.3 Å². The van der Waals surface area contributed by atoms with Crippen molar-refractivity contribution in [3.05, 3.63) is 30.1 Å². The second kappa shape index (κ2) is 4.78. The molecule has 2 rings (SSSR count). The van der Waals surface area contributed by atoms with Crippen LogP contribution in [0, 0.1) is 0 Å². The van der Waals surface area contributed by atoms with Gasteiger partial charge in [-0.15, -0.1) is 0 Å². The van der Waals surface area contributed by atoms with E-state index < -0.39 is 0 Å². The first kappa shape index (κ1) is 11.3. The standard InChI is InChI=1S/C12H14N4O/c1-3-9-4-5-11-10(6-9)12(14-7-13-11)16-15-8(2)17/h4-7H,3H2,1-2H3,(H,15,17)(H,13,14,16). The van der Waals surface area contributed by atoms with Gasteiger partial charge in [-0.2, -0.15) is 0 Å². The van der Waals surface area contributed by atoms with Crippen molar-refractivity contribution in [3.8, 4) is 0 Å². The lowest BCUT2D eigenvalue weighted by molar-refractivity contribution is -0.118. The highest BCUT2D eigenvalue weighted by atomic mass is 16.2. The van der Waals surface area contributed by atoms with Gasteiger partial charge >= 0.3 is 0 Å². The molecule has 2 N–H and O–H groups in total. The molecular formula is C12H14N4O. The number of hydrogen-bond acceptors (Lipinski definition) is 4. The molecule has 0 atom stereocenters. The number of rotatable bonds is 3. The van der Waals surface area contributed by atoms with Crippen LogP contribution in [0.5, 0.6) is 0 Å². The summed E-state index contributed by atoms with van der Waals surface area (Å²) in [6.45, 7) is 3.53. The molecule has 0 unspecified atom stereocenters. The van der Waals surface area contributed by atoms with E-state index in [2.05, 4.69) is 27.7 Å². The van der Waals surface area contributed by atoms with Crippen molar-refractivity contribution in [1.29, 1.82) is 0 Å². The van der Waals surface area contributed by atoms with Gasteiger partial charge < -0.3 is 0 Å². The van der Waals surface area contributed by atoms with E-state index in [-0.39, 0.29) is 5.91 Å². The largest absolute Gasteiger partial charge is 0.281 e. The third-order valence-electron chi connectivity index (χ3n) is 2.46. The molecule has 1 amide bonds. The van der Waals surface area contributed by atoms with Crippen LogP contribution in [0.2, 0.25) is 0 Å². The highest BCUT2D eigenvalue weighted by Crippen LogP contribution is 2.20. The van der Waals surface area contributed by atoms with Crippen molar-refractivity contribution < 1.29 is 4.79 Å². The fourth-order valence-electron chi connectivity index (χ4n) is 1.57. The number of aryl methyl sites for hydroxylation is 1. The molecule has 0 aliphatic carbocycles. The van der Waals surface area contributed by atoms with Crippen LogP contribution >= 0.6 is 0 Å². The first-order valence-corrected chi connectivity index (χ1v) is 5.47. The molecule has 0 aliphatic heterocycles. The zero-order valence-corrected chi connectivity index (χ0v) is 9.82. The van der Waals surface area contributed by atoms with E-state index >= 15 is 0 Å². The Morgan fingerprint density at radius 3 is 2.88 bits per heavy atom. The maximum absolute atomic E-state index is 10.9. The van der Waals surface area contributed by atoms with Gasteiger partial charge in [0.15, 0.2) is 5.82 Å².